The van der Waals surface area contributed by atoms with Crippen molar-refractivity contribution in [1.82, 2.24) is 9.97 Å². The first-order valence-electron chi connectivity index (χ1n) is 6.21. The fraction of sp³-hybridized carbons (Fsp3) is 0.333. The van der Waals surface area contributed by atoms with Crippen LogP contribution in [0.5, 0.6) is 0 Å². The molecule has 0 aliphatic heterocycles. The van der Waals surface area contributed by atoms with Crippen molar-refractivity contribution < 1.29 is 24.7 Å². The van der Waals surface area contributed by atoms with E-state index in [1.54, 1.807) is 0 Å². The molecule has 0 unspecified atom stereocenters. The summed E-state index contributed by atoms with van der Waals surface area (Å²) >= 11 is 2.55. The predicted octanol–water partition coefficient (Wildman–Crippen LogP) is 1.08. The first kappa shape index (κ1) is 18.8. The number of para-hydroxylation sites is 2. The number of aliphatic hydroxyl groups excluding tert-OH is 2. The molecule has 0 radical (unpaired) electrons. The Bertz CT molecular complexity index is 639. The number of hydrogen-bond donors (Lipinski definition) is 4. The molecule has 1 heterocycles. The smallest absolute Gasteiger partial charge is 0.413 e. The first-order valence-corrected chi connectivity index (χ1v) is 7.00. The van der Waals surface area contributed by atoms with Gasteiger partial charge in [-0.15, -0.1) is 0 Å². The molecule has 4 N–H and O–H groups in total. The summed E-state index contributed by atoms with van der Waals surface area (Å²) < 4.78 is 2.67. The highest BCUT2D eigenvalue weighted by Crippen LogP contribution is 2.16. The van der Waals surface area contributed by atoms with Crippen LogP contribution in [-0.2, 0) is 4.74 Å². The van der Waals surface area contributed by atoms with E-state index in [1.807, 2.05) is 24.3 Å². The maximum Gasteiger partial charge on any atom is 0.413 e. The fourth-order valence-corrected chi connectivity index (χ4v) is 1.33. The minimum atomic E-state index is -1.77. The highest BCUT2D eigenvalue weighted by Gasteiger charge is 2.38. The molecular weight excluding hydrogens is 376 g/mol. The lowest BCUT2D eigenvalue weighted by Crippen LogP contribution is -2.39. The number of rotatable bonds is 4. The molecule has 0 bridgehead atoms. The maximum absolute atomic E-state index is 10.9. The number of methoxy groups -OCH3 is 1. The standard InChI is InChI=1S/C9H9N3O2.C3H6BrNO4/c1-14-9(13)12-8-10-6-4-2-3-5-7(6)11-8;4-3(1-6,2-7)5(8)9/h2-5H,1H3,(H2,10,11,12,13);6-7H,1-2H2. The second-order valence-corrected chi connectivity index (χ2v) is 5.69. The average molecular weight is 391 g/mol. The Morgan fingerprint density at radius 1 is 1.48 bits per heavy atom. The molecule has 0 spiro atoms. The number of amides is 1. The number of carbonyl (C=O) groups excluding carboxylic acids is 1. The molecule has 0 fully saturated rings. The van der Waals surface area contributed by atoms with Crippen molar-refractivity contribution in [3.63, 3.8) is 0 Å². The second-order valence-electron chi connectivity index (χ2n) is 4.21. The maximum atomic E-state index is 10.9. The molecule has 0 atom stereocenters. The monoisotopic (exact) mass is 390 g/mol. The normalized spacial score (nSPS) is 10.6. The van der Waals surface area contributed by atoms with Crippen molar-refractivity contribution in [1.29, 1.82) is 0 Å². The van der Waals surface area contributed by atoms with Gasteiger partial charge in [0.2, 0.25) is 5.95 Å². The van der Waals surface area contributed by atoms with Gasteiger partial charge in [-0.2, -0.15) is 0 Å². The molecule has 10 nitrogen and oxygen atoms in total. The van der Waals surface area contributed by atoms with Gasteiger partial charge in [-0.3, -0.25) is 15.4 Å². The number of halogens is 1. The van der Waals surface area contributed by atoms with Gasteiger partial charge >= 0.3 is 10.5 Å². The van der Waals surface area contributed by atoms with Gasteiger partial charge < -0.3 is 19.9 Å². The van der Waals surface area contributed by atoms with E-state index in [9.17, 15) is 14.9 Å². The number of hydrogen-bond acceptors (Lipinski definition) is 7. The second kappa shape index (κ2) is 8.41. The van der Waals surface area contributed by atoms with Crippen LogP contribution in [0, 0.1) is 10.1 Å². The Morgan fingerprint density at radius 2 is 2.09 bits per heavy atom. The molecule has 11 heteroatoms. The minimum Gasteiger partial charge on any atom is -0.453 e. The zero-order valence-corrected chi connectivity index (χ0v) is 13.6. The Kier molecular flexibility index (Phi) is 6.88. The molecule has 1 aromatic carbocycles. The molecule has 0 saturated heterocycles. The van der Waals surface area contributed by atoms with Crippen molar-refractivity contribution in [2.75, 3.05) is 25.6 Å². The Labute approximate surface area is 138 Å². The summed E-state index contributed by atoms with van der Waals surface area (Å²) in [5.41, 5.74) is 1.68. The Balaban J connectivity index is 0.000000257. The lowest BCUT2D eigenvalue weighted by atomic mass is 10.3. The summed E-state index contributed by atoms with van der Waals surface area (Å²) in [7, 11) is 1.30. The van der Waals surface area contributed by atoms with Gasteiger partial charge in [0, 0.05) is 20.9 Å². The van der Waals surface area contributed by atoms with Gasteiger partial charge in [0.1, 0.15) is 13.2 Å². The summed E-state index contributed by atoms with van der Waals surface area (Å²) in [6, 6.07) is 7.51. The van der Waals surface area contributed by atoms with Gasteiger partial charge in [-0.05, 0) is 12.1 Å². The topological polar surface area (TPSA) is 151 Å². The molecule has 23 heavy (non-hydrogen) atoms. The van der Waals surface area contributed by atoms with E-state index in [2.05, 4.69) is 36.0 Å². The summed E-state index contributed by atoms with van der Waals surface area (Å²) in [4.78, 5) is 27.1. The van der Waals surface area contributed by atoms with Crippen molar-refractivity contribution in [3.05, 3.63) is 34.4 Å². The summed E-state index contributed by atoms with van der Waals surface area (Å²) in [6.07, 6.45) is -0.538. The van der Waals surface area contributed by atoms with Crippen LogP contribution in [-0.4, -0.2) is 56.0 Å². The van der Waals surface area contributed by atoms with E-state index in [4.69, 9.17) is 10.2 Å². The van der Waals surface area contributed by atoms with Crippen LogP contribution in [0.15, 0.2) is 24.3 Å². The quantitative estimate of drug-likeness (QED) is 0.264. The van der Waals surface area contributed by atoms with E-state index in [1.165, 1.54) is 7.11 Å². The van der Waals surface area contributed by atoms with Crippen LogP contribution in [0.3, 0.4) is 0 Å². The predicted molar refractivity (Wildman–Crippen MR) is 84.9 cm³/mol. The van der Waals surface area contributed by atoms with Crippen molar-refractivity contribution in [2.45, 2.75) is 4.45 Å². The van der Waals surface area contributed by atoms with Gasteiger partial charge in [0.15, 0.2) is 0 Å². The molecule has 0 aliphatic carbocycles. The molecule has 2 aromatic rings. The number of nitro groups is 1. The average Bonchev–Trinajstić information content (AvgIpc) is 2.96. The lowest BCUT2D eigenvalue weighted by molar-refractivity contribution is -0.542. The third-order valence-electron chi connectivity index (χ3n) is 2.61. The van der Waals surface area contributed by atoms with E-state index < -0.39 is 28.7 Å². The van der Waals surface area contributed by atoms with E-state index in [0.29, 0.717) is 5.95 Å². The Morgan fingerprint density at radius 3 is 2.52 bits per heavy atom. The summed E-state index contributed by atoms with van der Waals surface area (Å²) in [6.45, 7) is -1.45. The zero-order chi connectivity index (χ0) is 17.5. The van der Waals surface area contributed by atoms with Crippen LogP contribution in [0.1, 0.15) is 0 Å². The molecule has 1 aromatic heterocycles. The molecule has 0 aliphatic rings. The zero-order valence-electron chi connectivity index (χ0n) is 12.0. The molecular formula is C12H15BrN4O6. The number of H-pyrrole nitrogens is 1. The van der Waals surface area contributed by atoms with Crippen LogP contribution in [0.4, 0.5) is 10.7 Å². The number of aromatic nitrogens is 2. The number of anilines is 1. The number of aliphatic hydroxyl groups is 2. The number of ether oxygens (including phenoxy) is 1. The van der Waals surface area contributed by atoms with Gasteiger partial charge in [0.25, 0.3) is 0 Å². The number of nitrogens with zero attached hydrogens (tertiary/aromatic N) is 2. The molecule has 2 rings (SSSR count). The number of imidazole rings is 1. The number of nitrogens with one attached hydrogen (secondary N) is 2. The summed E-state index contributed by atoms with van der Waals surface area (Å²) in [5, 5.41) is 29.0. The number of benzene rings is 1. The van der Waals surface area contributed by atoms with Gasteiger partial charge in [-0.1, -0.05) is 12.1 Å². The first-order chi connectivity index (χ1) is 10.9. The van der Waals surface area contributed by atoms with Crippen LogP contribution in [0.2, 0.25) is 0 Å². The largest absolute Gasteiger partial charge is 0.453 e. The number of alkyl halides is 1. The SMILES string of the molecule is COC(=O)Nc1nc2ccccc2[nH]1.O=[N+]([O-])C(Br)(CO)CO. The fourth-order valence-electron chi connectivity index (χ4n) is 1.33. The van der Waals surface area contributed by atoms with Gasteiger partial charge in [0.05, 0.1) is 18.1 Å². The minimum absolute atomic E-state index is 0.387. The number of carbonyl (C=O) groups is 1. The molecule has 0 saturated carbocycles. The van der Waals surface area contributed by atoms with Crippen LogP contribution < -0.4 is 5.32 Å². The number of fused-ring (bicyclic) bond motifs is 1. The third-order valence-corrected chi connectivity index (χ3v) is 3.40. The van der Waals surface area contributed by atoms with E-state index in [-0.39, 0.29) is 0 Å². The van der Waals surface area contributed by atoms with Crippen LogP contribution in [0.25, 0.3) is 11.0 Å². The Hall–Kier alpha value is -2.24. The van der Waals surface area contributed by atoms with Gasteiger partial charge in [-0.25, -0.2) is 9.78 Å². The highest BCUT2D eigenvalue weighted by atomic mass is 79.9. The lowest BCUT2D eigenvalue weighted by Gasteiger charge is -2.11. The van der Waals surface area contributed by atoms with E-state index >= 15 is 0 Å². The third kappa shape index (κ3) is 5.16. The highest BCUT2D eigenvalue weighted by molar-refractivity contribution is 9.10. The van der Waals surface area contributed by atoms with Crippen LogP contribution >= 0.6 is 15.9 Å². The molecule has 126 valence electrons. The number of aromatic amines is 1. The van der Waals surface area contributed by atoms with Crippen molar-refractivity contribution in [2.24, 2.45) is 0 Å². The van der Waals surface area contributed by atoms with Crippen molar-refractivity contribution >= 4 is 39.0 Å². The summed E-state index contributed by atoms with van der Waals surface area (Å²) in [5.74, 6) is 0.387. The van der Waals surface area contributed by atoms with E-state index in [0.717, 1.165) is 11.0 Å². The van der Waals surface area contributed by atoms with Crippen molar-refractivity contribution in [3.8, 4) is 0 Å². The molecule has 1 amide bonds.